The Morgan fingerprint density at radius 3 is 1.94 bits per heavy atom. The van der Waals surface area contributed by atoms with E-state index < -0.39 is 0 Å². The van der Waals surface area contributed by atoms with Gasteiger partial charge in [0.1, 0.15) is 17.0 Å². The number of furan rings is 1. The SMILES string of the molecule is c1ccc(-c2cccc(-c3cc(-n4c5ccccc5c5ccccc54)nc(-c4ccc5oc6ccc7sc8ccccc8c7c6c5c4)n3)c2)cc1. The molecule has 4 aromatic heterocycles. The first kappa shape index (κ1) is 28.3. The molecule has 0 spiro atoms. The molecule has 4 nitrogen and oxygen atoms in total. The minimum atomic E-state index is 0.660. The molecule has 0 aliphatic rings. The van der Waals surface area contributed by atoms with Crippen molar-refractivity contribution in [3.63, 3.8) is 0 Å². The number of thiophene rings is 1. The van der Waals surface area contributed by atoms with Gasteiger partial charge < -0.3 is 4.42 Å². The molecule has 11 rings (SSSR count). The number of aromatic nitrogens is 3. The van der Waals surface area contributed by atoms with E-state index in [2.05, 4.69) is 162 Å². The van der Waals surface area contributed by atoms with Crippen LogP contribution in [-0.2, 0) is 0 Å². The largest absolute Gasteiger partial charge is 0.456 e. The molecule has 0 atom stereocenters. The van der Waals surface area contributed by atoms with Gasteiger partial charge in [-0.25, -0.2) is 9.97 Å². The average molecular weight is 670 g/mol. The summed E-state index contributed by atoms with van der Waals surface area (Å²) in [6.45, 7) is 0. The average Bonchev–Trinajstić information content (AvgIpc) is 3.87. The molecule has 11 aromatic rings. The lowest BCUT2D eigenvalue weighted by molar-refractivity contribution is 0.669. The van der Waals surface area contributed by atoms with Gasteiger partial charge in [0.15, 0.2) is 5.82 Å². The summed E-state index contributed by atoms with van der Waals surface area (Å²) in [4.78, 5) is 10.6. The van der Waals surface area contributed by atoms with Gasteiger partial charge in [-0.3, -0.25) is 4.57 Å². The van der Waals surface area contributed by atoms with Crippen LogP contribution in [0.5, 0.6) is 0 Å². The zero-order valence-electron chi connectivity index (χ0n) is 27.2. The molecule has 238 valence electrons. The minimum absolute atomic E-state index is 0.660. The molecular formula is C46H27N3OS. The van der Waals surface area contributed by atoms with Gasteiger partial charge in [-0.15, -0.1) is 11.3 Å². The number of rotatable bonds is 4. The maximum Gasteiger partial charge on any atom is 0.162 e. The fourth-order valence-corrected chi connectivity index (χ4v) is 8.82. The highest BCUT2D eigenvalue weighted by Crippen LogP contribution is 2.43. The molecule has 0 amide bonds. The van der Waals surface area contributed by atoms with E-state index >= 15 is 0 Å². The van der Waals surface area contributed by atoms with Crippen molar-refractivity contribution in [3.05, 3.63) is 164 Å². The smallest absolute Gasteiger partial charge is 0.162 e. The summed E-state index contributed by atoms with van der Waals surface area (Å²) in [5.74, 6) is 1.48. The van der Waals surface area contributed by atoms with Crippen molar-refractivity contribution in [3.8, 4) is 39.6 Å². The second kappa shape index (κ2) is 11.0. The number of nitrogens with zero attached hydrogens (tertiary/aromatic N) is 3. The van der Waals surface area contributed by atoms with E-state index in [9.17, 15) is 0 Å². The molecule has 4 heterocycles. The molecule has 0 aliphatic carbocycles. The van der Waals surface area contributed by atoms with E-state index in [-0.39, 0.29) is 0 Å². The van der Waals surface area contributed by atoms with Crippen LogP contribution in [0.25, 0.3) is 104 Å². The lowest BCUT2D eigenvalue weighted by atomic mass is 10.0. The first-order valence-corrected chi connectivity index (χ1v) is 17.9. The molecule has 0 saturated carbocycles. The van der Waals surface area contributed by atoms with Crippen LogP contribution in [0.15, 0.2) is 168 Å². The van der Waals surface area contributed by atoms with E-state index in [0.29, 0.717) is 5.82 Å². The zero-order chi connectivity index (χ0) is 33.5. The van der Waals surface area contributed by atoms with Crippen LogP contribution < -0.4 is 0 Å². The van der Waals surface area contributed by atoms with E-state index in [1.165, 1.54) is 36.5 Å². The second-order valence-corrected chi connectivity index (χ2v) is 14.1. The summed E-state index contributed by atoms with van der Waals surface area (Å²) in [5, 5.41) is 7.08. The van der Waals surface area contributed by atoms with E-state index in [4.69, 9.17) is 14.4 Å². The fourth-order valence-electron chi connectivity index (χ4n) is 7.71. The van der Waals surface area contributed by atoms with Crippen molar-refractivity contribution in [2.24, 2.45) is 0 Å². The minimum Gasteiger partial charge on any atom is -0.456 e. The van der Waals surface area contributed by atoms with Gasteiger partial charge in [0.05, 0.1) is 16.7 Å². The summed E-state index contributed by atoms with van der Waals surface area (Å²) >= 11 is 1.82. The molecule has 0 radical (unpaired) electrons. The van der Waals surface area contributed by atoms with E-state index in [1.54, 1.807) is 0 Å². The van der Waals surface area contributed by atoms with Gasteiger partial charge >= 0.3 is 0 Å². The molecule has 0 fully saturated rings. The summed E-state index contributed by atoms with van der Waals surface area (Å²) in [6.07, 6.45) is 0. The highest BCUT2D eigenvalue weighted by molar-refractivity contribution is 7.26. The van der Waals surface area contributed by atoms with Crippen molar-refractivity contribution in [1.82, 2.24) is 14.5 Å². The fraction of sp³-hybridized carbons (Fsp3) is 0. The Labute approximate surface area is 296 Å². The lowest BCUT2D eigenvalue weighted by Gasteiger charge is -2.13. The maximum absolute atomic E-state index is 6.46. The third-order valence-electron chi connectivity index (χ3n) is 10.0. The lowest BCUT2D eigenvalue weighted by Crippen LogP contribution is -2.02. The van der Waals surface area contributed by atoms with Crippen LogP contribution in [0, 0.1) is 0 Å². The topological polar surface area (TPSA) is 43.9 Å². The highest BCUT2D eigenvalue weighted by Gasteiger charge is 2.19. The summed E-state index contributed by atoms with van der Waals surface area (Å²) < 4.78 is 11.3. The Kier molecular flexibility index (Phi) is 6.09. The van der Waals surface area contributed by atoms with Crippen LogP contribution in [0.4, 0.5) is 0 Å². The van der Waals surface area contributed by atoms with Crippen molar-refractivity contribution < 1.29 is 4.42 Å². The second-order valence-electron chi connectivity index (χ2n) is 13.0. The molecule has 0 bridgehead atoms. The molecule has 7 aromatic carbocycles. The monoisotopic (exact) mass is 669 g/mol. The molecule has 0 unspecified atom stereocenters. The van der Waals surface area contributed by atoms with Crippen molar-refractivity contribution in [2.75, 3.05) is 0 Å². The van der Waals surface area contributed by atoms with Crippen molar-refractivity contribution >= 4 is 75.3 Å². The summed E-state index contributed by atoms with van der Waals surface area (Å²) in [7, 11) is 0. The number of para-hydroxylation sites is 2. The Morgan fingerprint density at radius 1 is 0.431 bits per heavy atom. The van der Waals surface area contributed by atoms with Crippen LogP contribution in [0.2, 0.25) is 0 Å². The molecule has 0 aliphatic heterocycles. The number of fused-ring (bicyclic) bond motifs is 10. The quantitative estimate of drug-likeness (QED) is 0.187. The zero-order valence-corrected chi connectivity index (χ0v) is 28.1. The third kappa shape index (κ3) is 4.38. The Hall–Kier alpha value is -6.56. The number of hydrogen-bond donors (Lipinski definition) is 0. The van der Waals surface area contributed by atoms with Gasteiger partial charge in [0, 0.05) is 58.9 Å². The molecule has 5 heteroatoms. The predicted octanol–water partition coefficient (Wildman–Crippen LogP) is 12.8. The first-order valence-electron chi connectivity index (χ1n) is 17.1. The Morgan fingerprint density at radius 2 is 1.12 bits per heavy atom. The van der Waals surface area contributed by atoms with Gasteiger partial charge in [-0.2, -0.15) is 0 Å². The van der Waals surface area contributed by atoms with Gasteiger partial charge in [0.25, 0.3) is 0 Å². The highest BCUT2D eigenvalue weighted by atomic mass is 32.1. The van der Waals surface area contributed by atoms with E-state index in [0.717, 1.165) is 61.2 Å². The van der Waals surface area contributed by atoms with Gasteiger partial charge in [0.2, 0.25) is 0 Å². The molecule has 0 saturated heterocycles. The predicted molar refractivity (Wildman–Crippen MR) is 213 cm³/mol. The van der Waals surface area contributed by atoms with Crippen LogP contribution >= 0.6 is 11.3 Å². The standard InChI is InChI=1S/C46H27N3OS/c1-2-11-28(12-3-1)29-13-10-14-30(25-29)36-27-43(49-37-18-7-4-15-32(37)33-16-5-8-19-38(33)49)48-46(47-36)31-21-22-39-35(26-31)44-40(50-39)23-24-42-45(44)34-17-6-9-20-41(34)51-42/h1-27H. The van der Waals surface area contributed by atoms with E-state index in [1.807, 2.05) is 17.4 Å². The Bertz CT molecular complexity index is 3100. The van der Waals surface area contributed by atoms with Crippen LogP contribution in [0.3, 0.4) is 0 Å². The van der Waals surface area contributed by atoms with Crippen molar-refractivity contribution in [2.45, 2.75) is 0 Å². The van der Waals surface area contributed by atoms with Crippen LogP contribution in [0.1, 0.15) is 0 Å². The molecule has 0 N–H and O–H groups in total. The summed E-state index contributed by atoms with van der Waals surface area (Å²) in [6, 6.07) is 57.6. The molecule has 51 heavy (non-hydrogen) atoms. The summed E-state index contributed by atoms with van der Waals surface area (Å²) in [5.41, 5.74) is 9.09. The number of hydrogen-bond acceptors (Lipinski definition) is 4. The van der Waals surface area contributed by atoms with Gasteiger partial charge in [-0.05, 0) is 65.7 Å². The van der Waals surface area contributed by atoms with Gasteiger partial charge in [-0.1, -0.05) is 103 Å². The number of benzene rings is 7. The van der Waals surface area contributed by atoms with Crippen LogP contribution in [-0.4, -0.2) is 14.5 Å². The maximum atomic E-state index is 6.46. The first-order chi connectivity index (χ1) is 25.3. The normalized spacial score (nSPS) is 11.9. The Balaban J connectivity index is 1.18. The van der Waals surface area contributed by atoms with Crippen molar-refractivity contribution in [1.29, 1.82) is 0 Å². The molecular weight excluding hydrogens is 643 g/mol. The third-order valence-corrected chi connectivity index (χ3v) is 11.2.